The van der Waals surface area contributed by atoms with Crippen molar-refractivity contribution in [3.63, 3.8) is 0 Å². The van der Waals surface area contributed by atoms with Gasteiger partial charge in [0.15, 0.2) is 5.82 Å². The number of hydrogen-bond acceptors (Lipinski definition) is 7. The Labute approximate surface area is 202 Å². The molecule has 32 heavy (non-hydrogen) atoms. The predicted octanol–water partition coefficient (Wildman–Crippen LogP) is 9.01. The van der Waals surface area contributed by atoms with Crippen LogP contribution in [0.3, 0.4) is 0 Å². The number of ether oxygens (including phenoxy) is 3. The molecular formula is C24H23FO3S4. The molecule has 1 aromatic carbocycles. The summed E-state index contributed by atoms with van der Waals surface area (Å²) >= 11 is 6.40. The van der Waals surface area contributed by atoms with Crippen LogP contribution in [-0.2, 0) is 0 Å². The fourth-order valence-electron chi connectivity index (χ4n) is 4.00. The van der Waals surface area contributed by atoms with E-state index < -0.39 is 0 Å². The molecule has 5 rings (SSSR count). The van der Waals surface area contributed by atoms with E-state index in [1.807, 2.05) is 27.7 Å². The molecule has 0 fully saturated rings. The molecule has 4 aromatic heterocycles. The van der Waals surface area contributed by atoms with Gasteiger partial charge in [-0.3, -0.25) is 0 Å². The molecule has 0 radical (unpaired) electrons. The first kappa shape index (κ1) is 21.9. The van der Waals surface area contributed by atoms with Gasteiger partial charge in [-0.2, -0.15) is 0 Å². The van der Waals surface area contributed by atoms with Crippen LogP contribution in [0.25, 0.3) is 40.0 Å². The van der Waals surface area contributed by atoms with Gasteiger partial charge in [0.1, 0.15) is 11.5 Å². The second-order valence-electron chi connectivity index (χ2n) is 7.31. The molecule has 0 amide bonds. The quantitative estimate of drug-likeness (QED) is 0.220. The second kappa shape index (κ2) is 8.48. The molecule has 0 saturated heterocycles. The lowest BCUT2D eigenvalue weighted by atomic mass is 10.1. The zero-order chi connectivity index (χ0) is 22.6. The maximum Gasteiger partial charge on any atom is 0.211 e. The molecule has 168 valence electrons. The maximum atomic E-state index is 15.3. The third-order valence-electron chi connectivity index (χ3n) is 5.19. The Hall–Kier alpha value is -1.87. The highest BCUT2D eigenvalue weighted by molar-refractivity contribution is 7.30. The lowest BCUT2D eigenvalue weighted by molar-refractivity contribution is 0.334. The summed E-state index contributed by atoms with van der Waals surface area (Å²) < 4.78 is 36.3. The molecule has 0 bridgehead atoms. The summed E-state index contributed by atoms with van der Waals surface area (Å²) in [6, 6.07) is 4.32. The number of aryl methyl sites for hydroxylation is 2. The molecule has 0 N–H and O–H groups in total. The van der Waals surface area contributed by atoms with Crippen molar-refractivity contribution in [3.8, 4) is 26.3 Å². The molecule has 8 heteroatoms. The average molecular weight is 507 g/mol. The summed E-state index contributed by atoms with van der Waals surface area (Å²) in [5.41, 5.74) is 0. The van der Waals surface area contributed by atoms with Crippen LogP contribution in [0.15, 0.2) is 12.1 Å². The SMILES string of the molecule is CCOc1sc2c(C)sc(-c3cc4c(OCC)c5sc(C)cc5c(OCC)c4s3)c2c1F. The summed E-state index contributed by atoms with van der Waals surface area (Å²) in [5, 5.41) is 3.16. The molecule has 0 aliphatic heterocycles. The van der Waals surface area contributed by atoms with Gasteiger partial charge in [0.05, 0.1) is 44.2 Å². The van der Waals surface area contributed by atoms with E-state index in [9.17, 15) is 0 Å². The predicted molar refractivity (Wildman–Crippen MR) is 139 cm³/mol. The van der Waals surface area contributed by atoms with Crippen molar-refractivity contribution in [1.29, 1.82) is 0 Å². The van der Waals surface area contributed by atoms with Gasteiger partial charge in [-0.05, 0) is 46.8 Å². The van der Waals surface area contributed by atoms with Gasteiger partial charge >= 0.3 is 0 Å². The minimum absolute atomic E-state index is 0.254. The Bertz CT molecular complexity index is 1390. The van der Waals surface area contributed by atoms with Crippen LogP contribution in [0.5, 0.6) is 16.6 Å². The number of benzene rings is 1. The lowest BCUT2D eigenvalue weighted by Crippen LogP contribution is -1.95. The summed E-state index contributed by atoms with van der Waals surface area (Å²) in [4.78, 5) is 4.30. The standard InChI is InChI=1S/C24H23FO3S4/c1-6-26-18-13-9-11(4)29-21(13)19(27-7-2)14-10-15(31-22(14)18)23-16-17(25)24(28-8-3)32-20(16)12(5)30-23/h9-10H,6-8H2,1-5H3. The van der Waals surface area contributed by atoms with Crippen LogP contribution in [0.1, 0.15) is 30.5 Å². The van der Waals surface area contributed by atoms with Crippen LogP contribution in [-0.4, -0.2) is 19.8 Å². The van der Waals surface area contributed by atoms with Crippen molar-refractivity contribution in [3.05, 3.63) is 27.7 Å². The van der Waals surface area contributed by atoms with Crippen LogP contribution in [0, 0.1) is 19.7 Å². The zero-order valence-electron chi connectivity index (χ0n) is 18.5. The normalized spacial score (nSPS) is 11.8. The van der Waals surface area contributed by atoms with Gasteiger partial charge in [-0.1, -0.05) is 11.3 Å². The molecular weight excluding hydrogens is 484 g/mol. The summed E-state index contributed by atoms with van der Waals surface area (Å²) in [5.74, 6) is 1.54. The van der Waals surface area contributed by atoms with E-state index in [2.05, 4.69) is 19.1 Å². The molecule has 0 aliphatic rings. The fraction of sp³-hybridized carbons (Fsp3) is 0.333. The van der Waals surface area contributed by atoms with Crippen molar-refractivity contribution < 1.29 is 18.6 Å². The van der Waals surface area contributed by atoms with E-state index in [1.165, 1.54) is 16.2 Å². The lowest BCUT2D eigenvalue weighted by Gasteiger charge is -2.11. The van der Waals surface area contributed by atoms with E-state index >= 15 is 4.39 Å². The van der Waals surface area contributed by atoms with Gasteiger partial charge in [-0.15, -0.1) is 34.0 Å². The fourth-order valence-corrected chi connectivity index (χ4v) is 8.65. The maximum absolute atomic E-state index is 15.3. The Kier molecular flexibility index (Phi) is 5.82. The smallest absolute Gasteiger partial charge is 0.211 e. The summed E-state index contributed by atoms with van der Waals surface area (Å²) in [7, 11) is 0. The highest BCUT2D eigenvalue weighted by Gasteiger charge is 2.26. The number of thiophene rings is 4. The average Bonchev–Trinajstić information content (AvgIpc) is 3.50. The van der Waals surface area contributed by atoms with Crippen molar-refractivity contribution in [1.82, 2.24) is 0 Å². The Balaban J connectivity index is 1.82. The van der Waals surface area contributed by atoms with E-state index in [1.54, 1.807) is 34.0 Å². The molecule has 0 aliphatic carbocycles. The molecule has 0 atom stereocenters. The summed E-state index contributed by atoms with van der Waals surface area (Å²) in [6.45, 7) is 11.7. The van der Waals surface area contributed by atoms with Crippen molar-refractivity contribution in [2.45, 2.75) is 34.6 Å². The van der Waals surface area contributed by atoms with Crippen molar-refractivity contribution >= 4 is 75.6 Å². The molecule has 0 spiro atoms. The van der Waals surface area contributed by atoms with E-state index in [4.69, 9.17) is 14.2 Å². The van der Waals surface area contributed by atoms with E-state index in [-0.39, 0.29) is 5.82 Å². The van der Waals surface area contributed by atoms with Gasteiger partial charge in [-0.25, -0.2) is 4.39 Å². The molecule has 4 heterocycles. The Morgan fingerprint density at radius 2 is 1.38 bits per heavy atom. The topological polar surface area (TPSA) is 27.7 Å². The van der Waals surface area contributed by atoms with Gasteiger partial charge < -0.3 is 14.2 Å². The first-order valence-corrected chi connectivity index (χ1v) is 13.8. The highest BCUT2D eigenvalue weighted by atomic mass is 32.1. The first-order chi connectivity index (χ1) is 15.5. The number of fused-ring (bicyclic) bond motifs is 3. The van der Waals surface area contributed by atoms with Crippen LogP contribution in [0.2, 0.25) is 0 Å². The van der Waals surface area contributed by atoms with Crippen LogP contribution in [0.4, 0.5) is 4.39 Å². The molecule has 0 unspecified atom stereocenters. The largest absolute Gasteiger partial charge is 0.492 e. The van der Waals surface area contributed by atoms with Gasteiger partial charge in [0, 0.05) is 25.4 Å². The minimum atomic E-state index is -0.254. The molecule has 3 nitrogen and oxygen atoms in total. The third-order valence-corrected chi connectivity index (χ3v) is 9.98. The Morgan fingerprint density at radius 3 is 2.03 bits per heavy atom. The van der Waals surface area contributed by atoms with Gasteiger partial charge in [0.2, 0.25) is 5.06 Å². The number of halogens is 1. The minimum Gasteiger partial charge on any atom is -0.492 e. The number of rotatable bonds is 7. The van der Waals surface area contributed by atoms with Crippen LogP contribution < -0.4 is 14.2 Å². The van der Waals surface area contributed by atoms with Crippen molar-refractivity contribution in [2.24, 2.45) is 0 Å². The van der Waals surface area contributed by atoms with Crippen LogP contribution >= 0.6 is 45.3 Å². The zero-order valence-corrected chi connectivity index (χ0v) is 21.8. The van der Waals surface area contributed by atoms with E-state index in [0.717, 1.165) is 51.0 Å². The third kappa shape index (κ3) is 3.31. The van der Waals surface area contributed by atoms with Gasteiger partial charge in [0.25, 0.3) is 0 Å². The van der Waals surface area contributed by atoms with Crippen molar-refractivity contribution in [2.75, 3.05) is 19.8 Å². The monoisotopic (exact) mass is 506 g/mol. The second-order valence-corrected chi connectivity index (χ2v) is 11.8. The van der Waals surface area contributed by atoms with E-state index in [0.29, 0.717) is 30.3 Å². The molecule has 5 aromatic rings. The molecule has 0 saturated carbocycles. The first-order valence-electron chi connectivity index (χ1n) is 10.6. The highest BCUT2D eigenvalue weighted by Crippen LogP contribution is 2.54. The summed E-state index contributed by atoms with van der Waals surface area (Å²) in [6.07, 6.45) is 0. The Morgan fingerprint density at radius 1 is 0.750 bits per heavy atom. The number of hydrogen-bond donors (Lipinski definition) is 0.